The van der Waals surface area contributed by atoms with Gasteiger partial charge in [0.15, 0.2) is 5.82 Å². The summed E-state index contributed by atoms with van der Waals surface area (Å²) in [5, 5.41) is 13.1. The van der Waals surface area contributed by atoms with Crippen LogP contribution >= 0.6 is 23.6 Å². The number of aromatic amines is 1. The van der Waals surface area contributed by atoms with Crippen molar-refractivity contribution >= 4 is 38.6 Å². The summed E-state index contributed by atoms with van der Waals surface area (Å²) in [6.45, 7) is 1.62. The largest absolute Gasteiger partial charge is 0.389 e. The fraction of sp³-hybridized carbons (Fsp3) is 0.250. The molecule has 0 radical (unpaired) electrons. The summed E-state index contributed by atoms with van der Waals surface area (Å²) in [5.74, 6) is 0.259. The summed E-state index contributed by atoms with van der Waals surface area (Å²) < 4.78 is 26.8. The van der Waals surface area contributed by atoms with Gasteiger partial charge in [-0.3, -0.25) is 0 Å². The van der Waals surface area contributed by atoms with Gasteiger partial charge < -0.3 is 5.73 Å². The average Bonchev–Trinajstić information content (AvgIpc) is 3.00. The number of thiocarbonyl (C=S) groups is 1. The number of H-pyrrole nitrogens is 1. The maximum absolute atomic E-state index is 12.1. The molecule has 2 aromatic rings. The number of nitrogens with two attached hydrogens (primary N) is 1. The number of rotatable bonds is 5. The highest BCUT2D eigenvalue weighted by atomic mass is 32.2. The van der Waals surface area contributed by atoms with Gasteiger partial charge in [-0.25, -0.2) is 8.42 Å². The van der Waals surface area contributed by atoms with Crippen LogP contribution in [-0.4, -0.2) is 34.0 Å². The van der Waals surface area contributed by atoms with E-state index in [1.807, 2.05) is 0 Å². The highest BCUT2D eigenvalue weighted by molar-refractivity contribution is 7.91. The summed E-state index contributed by atoms with van der Waals surface area (Å²) in [6, 6.07) is 2.42. The minimum atomic E-state index is -3.67. The molecule has 19 heavy (non-hydrogen) atoms. The molecule has 0 aliphatic carbocycles. The van der Waals surface area contributed by atoms with Crippen LogP contribution in [0.5, 0.6) is 0 Å². The lowest BCUT2D eigenvalue weighted by atomic mass is 10.4. The lowest BCUT2D eigenvalue weighted by molar-refractivity contribution is 0.562. The van der Waals surface area contributed by atoms with E-state index in [4.69, 9.17) is 18.0 Å². The summed E-state index contributed by atoms with van der Waals surface area (Å²) in [5.41, 5.74) is 5.44. The van der Waals surface area contributed by atoms with E-state index in [2.05, 4.69) is 25.3 Å². The van der Waals surface area contributed by atoms with E-state index in [1.165, 1.54) is 6.07 Å². The van der Waals surface area contributed by atoms with Crippen molar-refractivity contribution in [1.29, 1.82) is 0 Å². The Morgan fingerprint density at radius 2 is 2.32 bits per heavy atom. The van der Waals surface area contributed by atoms with Gasteiger partial charge in [0.2, 0.25) is 0 Å². The van der Waals surface area contributed by atoms with Crippen molar-refractivity contribution in [2.75, 3.05) is 0 Å². The van der Waals surface area contributed by atoms with Crippen LogP contribution in [0.25, 0.3) is 0 Å². The third-order valence-electron chi connectivity index (χ3n) is 2.17. The highest BCUT2D eigenvalue weighted by Gasteiger charge is 2.22. The van der Waals surface area contributed by atoms with Crippen LogP contribution in [0, 0.1) is 0 Å². The van der Waals surface area contributed by atoms with E-state index >= 15 is 0 Å². The molecule has 102 valence electrons. The number of hydrogen-bond acceptors (Lipinski definition) is 7. The molecule has 1 unspecified atom stereocenters. The molecule has 11 heteroatoms. The Hall–Kier alpha value is -1.43. The first-order valence-electron chi connectivity index (χ1n) is 5.05. The van der Waals surface area contributed by atoms with Crippen molar-refractivity contribution in [2.24, 2.45) is 5.73 Å². The fourth-order valence-corrected chi connectivity index (χ4v) is 3.86. The Labute approximate surface area is 118 Å². The smallest absolute Gasteiger partial charge is 0.250 e. The molecule has 0 fully saturated rings. The fourth-order valence-electron chi connectivity index (χ4n) is 1.29. The standard InChI is InChI=1S/C8H10N6O2S3/c1-4(8-10-13-14-11-8)12-19(15,16)6-3-2-5(18-6)7(9)17/h2-4,12H,1H3,(H2,9,17)(H,10,11,13,14). The Bertz CT molecular complexity index is 677. The second-order valence-corrected chi connectivity index (χ2v) is 7.06. The number of nitrogens with zero attached hydrogens (tertiary/aromatic N) is 3. The number of hydrogen-bond donors (Lipinski definition) is 3. The van der Waals surface area contributed by atoms with Crippen molar-refractivity contribution in [3.8, 4) is 0 Å². The van der Waals surface area contributed by atoms with Crippen LogP contribution < -0.4 is 10.5 Å². The molecule has 0 aliphatic heterocycles. The minimum Gasteiger partial charge on any atom is -0.389 e. The van der Waals surface area contributed by atoms with Gasteiger partial charge in [-0.2, -0.15) is 9.94 Å². The Morgan fingerprint density at radius 1 is 1.58 bits per heavy atom. The van der Waals surface area contributed by atoms with Crippen LogP contribution in [-0.2, 0) is 10.0 Å². The topological polar surface area (TPSA) is 127 Å². The van der Waals surface area contributed by atoms with E-state index < -0.39 is 16.1 Å². The minimum absolute atomic E-state index is 0.130. The number of tetrazole rings is 1. The van der Waals surface area contributed by atoms with Gasteiger partial charge in [-0.15, -0.1) is 21.5 Å². The normalized spacial score (nSPS) is 13.3. The van der Waals surface area contributed by atoms with Crippen LogP contribution in [0.15, 0.2) is 16.3 Å². The van der Waals surface area contributed by atoms with Gasteiger partial charge in [0.05, 0.1) is 10.9 Å². The molecule has 0 aliphatic rings. The van der Waals surface area contributed by atoms with Gasteiger partial charge in [-0.05, 0) is 19.1 Å². The zero-order valence-electron chi connectivity index (χ0n) is 9.69. The Balaban J connectivity index is 2.20. The lowest BCUT2D eigenvalue weighted by Crippen LogP contribution is -2.27. The quantitative estimate of drug-likeness (QED) is 0.659. The molecule has 2 aromatic heterocycles. The van der Waals surface area contributed by atoms with E-state index in [-0.39, 0.29) is 15.0 Å². The first-order chi connectivity index (χ1) is 8.90. The van der Waals surface area contributed by atoms with Crippen molar-refractivity contribution in [2.45, 2.75) is 17.2 Å². The van der Waals surface area contributed by atoms with E-state index in [9.17, 15) is 8.42 Å². The van der Waals surface area contributed by atoms with E-state index in [0.29, 0.717) is 4.88 Å². The number of aromatic nitrogens is 4. The van der Waals surface area contributed by atoms with Gasteiger partial charge in [0.1, 0.15) is 9.20 Å². The first kappa shape index (κ1) is 14.0. The van der Waals surface area contributed by atoms with Gasteiger partial charge in [0.25, 0.3) is 10.0 Å². The Kier molecular flexibility index (Phi) is 3.89. The zero-order chi connectivity index (χ0) is 14.0. The number of thiophene rings is 1. The Morgan fingerprint density at radius 3 is 2.84 bits per heavy atom. The molecule has 0 aromatic carbocycles. The van der Waals surface area contributed by atoms with Gasteiger partial charge in [0, 0.05) is 0 Å². The molecule has 8 nitrogen and oxygen atoms in total. The van der Waals surface area contributed by atoms with Crippen molar-refractivity contribution in [1.82, 2.24) is 25.3 Å². The molecule has 0 saturated heterocycles. The maximum atomic E-state index is 12.1. The molecular weight excluding hydrogens is 308 g/mol. The first-order valence-corrected chi connectivity index (χ1v) is 7.76. The number of nitrogens with one attached hydrogen (secondary N) is 2. The second kappa shape index (κ2) is 5.28. The monoisotopic (exact) mass is 318 g/mol. The molecule has 0 spiro atoms. The summed E-state index contributed by atoms with van der Waals surface area (Å²) in [7, 11) is -3.67. The van der Waals surface area contributed by atoms with Crippen LogP contribution in [0.4, 0.5) is 0 Å². The summed E-state index contributed by atoms with van der Waals surface area (Å²) in [6.07, 6.45) is 0. The number of sulfonamides is 1. The molecule has 0 saturated carbocycles. The second-order valence-electron chi connectivity index (χ2n) is 3.60. The summed E-state index contributed by atoms with van der Waals surface area (Å²) >= 11 is 5.80. The molecule has 1 atom stereocenters. The van der Waals surface area contributed by atoms with E-state index in [1.54, 1.807) is 13.0 Å². The maximum Gasteiger partial charge on any atom is 0.250 e. The van der Waals surface area contributed by atoms with Crippen LogP contribution in [0.3, 0.4) is 0 Å². The predicted octanol–water partition coefficient (Wildman–Crippen LogP) is -0.0651. The summed E-state index contributed by atoms with van der Waals surface area (Å²) in [4.78, 5) is 0.709. The van der Waals surface area contributed by atoms with Crippen LogP contribution in [0.1, 0.15) is 23.7 Å². The molecular formula is C8H10N6O2S3. The molecule has 2 rings (SSSR count). The highest BCUT2D eigenvalue weighted by Crippen LogP contribution is 2.22. The lowest BCUT2D eigenvalue weighted by Gasteiger charge is -2.08. The third-order valence-corrected chi connectivity index (χ3v) is 5.67. The van der Waals surface area contributed by atoms with Crippen molar-refractivity contribution in [3.05, 3.63) is 22.8 Å². The molecule has 0 amide bonds. The molecule has 0 bridgehead atoms. The van der Waals surface area contributed by atoms with Crippen LogP contribution in [0.2, 0.25) is 0 Å². The van der Waals surface area contributed by atoms with Crippen molar-refractivity contribution in [3.63, 3.8) is 0 Å². The van der Waals surface area contributed by atoms with E-state index in [0.717, 1.165) is 11.3 Å². The predicted molar refractivity (Wildman–Crippen MR) is 73.1 cm³/mol. The van der Waals surface area contributed by atoms with Gasteiger partial charge >= 0.3 is 0 Å². The van der Waals surface area contributed by atoms with Crippen molar-refractivity contribution < 1.29 is 8.42 Å². The third kappa shape index (κ3) is 3.12. The SMILES string of the molecule is CC(NS(=O)(=O)c1ccc(C(N)=S)s1)c1nn[nH]n1. The molecule has 2 heterocycles. The average molecular weight is 318 g/mol. The van der Waals surface area contributed by atoms with Gasteiger partial charge in [-0.1, -0.05) is 17.4 Å². The molecule has 4 N–H and O–H groups in total. The zero-order valence-corrected chi connectivity index (χ0v) is 12.1.